The molecule has 1 unspecified atom stereocenters. The molecule has 0 aliphatic heterocycles. The van der Waals surface area contributed by atoms with Crippen LogP contribution in [0.25, 0.3) is 0 Å². The average Bonchev–Trinajstić information content (AvgIpc) is 2.84. The number of nitrogens with one attached hydrogen (secondary N) is 1. The fourth-order valence-electron chi connectivity index (χ4n) is 2.59. The molecule has 1 aromatic carbocycles. The van der Waals surface area contributed by atoms with Crippen LogP contribution in [-0.2, 0) is 7.05 Å². The van der Waals surface area contributed by atoms with Crippen LogP contribution in [-0.4, -0.2) is 23.4 Å². The second-order valence-electron chi connectivity index (χ2n) is 5.05. The Morgan fingerprint density at radius 3 is 2.60 bits per heavy atom. The second-order valence-corrected chi connectivity index (χ2v) is 5.05. The average molecular weight is 273 g/mol. The summed E-state index contributed by atoms with van der Waals surface area (Å²) in [5.41, 5.74) is 4.81. The van der Waals surface area contributed by atoms with Crippen LogP contribution >= 0.6 is 0 Å². The van der Waals surface area contributed by atoms with Gasteiger partial charge in [-0.3, -0.25) is 4.68 Å². The topological polar surface area (TPSA) is 39.1 Å². The van der Waals surface area contributed by atoms with E-state index in [9.17, 15) is 0 Å². The molecular formula is C16H23N3O. The van der Waals surface area contributed by atoms with E-state index in [-0.39, 0.29) is 6.04 Å². The second kappa shape index (κ2) is 6.09. The van der Waals surface area contributed by atoms with E-state index in [1.54, 1.807) is 7.11 Å². The molecule has 2 aromatic rings. The van der Waals surface area contributed by atoms with Crippen molar-refractivity contribution in [2.45, 2.75) is 26.8 Å². The molecule has 4 heteroatoms. The Kier molecular flexibility index (Phi) is 4.45. The fourth-order valence-corrected chi connectivity index (χ4v) is 2.59. The summed E-state index contributed by atoms with van der Waals surface area (Å²) >= 11 is 0. The number of ether oxygens (including phenoxy) is 1. The molecule has 0 saturated carbocycles. The normalized spacial score (nSPS) is 12.4. The van der Waals surface area contributed by atoms with Crippen LogP contribution in [0.4, 0.5) is 0 Å². The number of benzene rings is 1. The molecular weight excluding hydrogens is 250 g/mol. The Balaban J connectivity index is 2.50. The standard InChI is InChI=1S/C16H23N3O/c1-6-17-16(14-7-8-18-19(14)4)13-9-12(3)15(20-5)10-11(13)2/h7-10,16-17H,6H2,1-5H3. The van der Waals surface area contributed by atoms with Gasteiger partial charge in [0, 0.05) is 13.2 Å². The van der Waals surface area contributed by atoms with Crippen molar-refractivity contribution >= 4 is 0 Å². The lowest BCUT2D eigenvalue weighted by molar-refractivity contribution is 0.411. The van der Waals surface area contributed by atoms with Crippen LogP contribution < -0.4 is 10.1 Å². The molecule has 1 N–H and O–H groups in total. The third-order valence-electron chi connectivity index (χ3n) is 3.66. The maximum atomic E-state index is 5.40. The summed E-state index contributed by atoms with van der Waals surface area (Å²) in [6.45, 7) is 7.22. The van der Waals surface area contributed by atoms with Gasteiger partial charge in [0.1, 0.15) is 5.75 Å². The molecule has 0 amide bonds. The van der Waals surface area contributed by atoms with E-state index in [2.05, 4.69) is 49.4 Å². The number of hydrogen-bond donors (Lipinski definition) is 1. The summed E-state index contributed by atoms with van der Waals surface area (Å²) in [5.74, 6) is 0.937. The molecule has 0 bridgehead atoms. The van der Waals surface area contributed by atoms with E-state index < -0.39 is 0 Å². The SMILES string of the molecule is CCNC(c1cc(C)c(OC)cc1C)c1ccnn1C. The quantitative estimate of drug-likeness (QED) is 0.910. The Hall–Kier alpha value is -1.81. The highest BCUT2D eigenvalue weighted by Crippen LogP contribution is 2.30. The molecule has 20 heavy (non-hydrogen) atoms. The Labute approximate surface area is 120 Å². The van der Waals surface area contributed by atoms with Gasteiger partial charge in [0.25, 0.3) is 0 Å². The van der Waals surface area contributed by atoms with E-state index in [1.165, 1.54) is 16.8 Å². The molecule has 0 radical (unpaired) electrons. The van der Waals surface area contributed by atoms with Gasteiger partial charge in [-0.25, -0.2) is 0 Å². The minimum atomic E-state index is 0.150. The monoisotopic (exact) mass is 273 g/mol. The zero-order chi connectivity index (χ0) is 14.7. The molecule has 1 atom stereocenters. The van der Waals surface area contributed by atoms with Crippen LogP contribution in [0.5, 0.6) is 5.75 Å². The van der Waals surface area contributed by atoms with E-state index >= 15 is 0 Å². The lowest BCUT2D eigenvalue weighted by Crippen LogP contribution is -2.25. The smallest absolute Gasteiger partial charge is 0.122 e. The van der Waals surface area contributed by atoms with E-state index in [0.717, 1.165) is 17.9 Å². The van der Waals surface area contributed by atoms with Crippen molar-refractivity contribution in [1.29, 1.82) is 0 Å². The fraction of sp³-hybridized carbons (Fsp3) is 0.438. The van der Waals surface area contributed by atoms with Gasteiger partial charge < -0.3 is 10.1 Å². The highest BCUT2D eigenvalue weighted by atomic mass is 16.5. The molecule has 2 rings (SSSR count). The summed E-state index contributed by atoms with van der Waals surface area (Å²) in [6.07, 6.45) is 1.84. The van der Waals surface area contributed by atoms with Crippen LogP contribution in [0.3, 0.4) is 0 Å². The van der Waals surface area contributed by atoms with Crippen molar-refractivity contribution in [2.24, 2.45) is 7.05 Å². The van der Waals surface area contributed by atoms with Crippen molar-refractivity contribution in [3.63, 3.8) is 0 Å². The molecule has 0 aliphatic carbocycles. The van der Waals surface area contributed by atoms with E-state index in [1.807, 2.05) is 17.9 Å². The van der Waals surface area contributed by atoms with Gasteiger partial charge in [0.15, 0.2) is 0 Å². The summed E-state index contributed by atoms with van der Waals surface area (Å²) < 4.78 is 7.32. The number of nitrogens with zero attached hydrogens (tertiary/aromatic N) is 2. The number of aryl methyl sites for hydroxylation is 3. The van der Waals surface area contributed by atoms with Gasteiger partial charge in [0.2, 0.25) is 0 Å². The summed E-state index contributed by atoms with van der Waals surface area (Å²) in [7, 11) is 3.69. The maximum Gasteiger partial charge on any atom is 0.122 e. The first-order valence-electron chi connectivity index (χ1n) is 6.94. The van der Waals surface area contributed by atoms with Crippen molar-refractivity contribution < 1.29 is 4.74 Å². The van der Waals surface area contributed by atoms with Gasteiger partial charge >= 0.3 is 0 Å². The van der Waals surface area contributed by atoms with Crippen molar-refractivity contribution in [3.05, 3.63) is 46.8 Å². The van der Waals surface area contributed by atoms with Gasteiger partial charge in [-0.2, -0.15) is 5.10 Å². The molecule has 0 fully saturated rings. The maximum absolute atomic E-state index is 5.40. The van der Waals surface area contributed by atoms with Crippen molar-refractivity contribution in [2.75, 3.05) is 13.7 Å². The first-order valence-corrected chi connectivity index (χ1v) is 6.94. The predicted octanol–water partition coefficient (Wildman–Crippen LogP) is 2.74. The lowest BCUT2D eigenvalue weighted by atomic mass is 9.96. The largest absolute Gasteiger partial charge is 0.496 e. The zero-order valence-electron chi connectivity index (χ0n) is 12.9. The van der Waals surface area contributed by atoms with E-state index in [4.69, 9.17) is 4.74 Å². The Morgan fingerprint density at radius 2 is 2.05 bits per heavy atom. The van der Waals surface area contributed by atoms with Crippen LogP contribution in [0, 0.1) is 13.8 Å². The summed E-state index contributed by atoms with van der Waals surface area (Å²) in [6, 6.07) is 6.52. The third kappa shape index (κ3) is 2.70. The number of rotatable bonds is 5. The Morgan fingerprint density at radius 1 is 1.30 bits per heavy atom. The van der Waals surface area contributed by atoms with Gasteiger partial charge in [-0.15, -0.1) is 0 Å². The molecule has 108 valence electrons. The van der Waals surface area contributed by atoms with Crippen LogP contribution in [0.15, 0.2) is 24.4 Å². The Bertz CT molecular complexity index is 589. The van der Waals surface area contributed by atoms with E-state index in [0.29, 0.717) is 0 Å². The van der Waals surface area contributed by atoms with Gasteiger partial charge in [0.05, 0.1) is 18.8 Å². The predicted molar refractivity (Wildman–Crippen MR) is 81.2 cm³/mol. The first kappa shape index (κ1) is 14.6. The van der Waals surface area contributed by atoms with Crippen molar-refractivity contribution in [3.8, 4) is 5.75 Å². The molecule has 4 nitrogen and oxygen atoms in total. The van der Waals surface area contributed by atoms with Gasteiger partial charge in [-0.1, -0.05) is 13.0 Å². The molecule has 0 saturated heterocycles. The molecule has 1 heterocycles. The van der Waals surface area contributed by atoms with Crippen molar-refractivity contribution in [1.82, 2.24) is 15.1 Å². The molecule has 1 aromatic heterocycles. The summed E-state index contributed by atoms with van der Waals surface area (Å²) in [5, 5.41) is 7.83. The zero-order valence-corrected chi connectivity index (χ0v) is 12.9. The summed E-state index contributed by atoms with van der Waals surface area (Å²) in [4.78, 5) is 0. The molecule has 0 aliphatic rings. The lowest BCUT2D eigenvalue weighted by Gasteiger charge is -2.22. The minimum absolute atomic E-state index is 0.150. The highest BCUT2D eigenvalue weighted by Gasteiger charge is 2.19. The van der Waals surface area contributed by atoms with Crippen LogP contribution in [0.2, 0.25) is 0 Å². The number of hydrogen-bond acceptors (Lipinski definition) is 3. The highest BCUT2D eigenvalue weighted by molar-refractivity contribution is 5.45. The van der Waals surface area contributed by atoms with Gasteiger partial charge in [-0.05, 0) is 49.2 Å². The molecule has 0 spiro atoms. The minimum Gasteiger partial charge on any atom is -0.496 e. The third-order valence-corrected chi connectivity index (χ3v) is 3.66. The number of methoxy groups -OCH3 is 1. The van der Waals surface area contributed by atoms with Crippen LogP contribution in [0.1, 0.15) is 35.3 Å². The first-order chi connectivity index (χ1) is 9.58. The number of aromatic nitrogens is 2.